The third-order valence-corrected chi connectivity index (χ3v) is 3.19. The van der Waals surface area contributed by atoms with E-state index in [2.05, 4.69) is 31.2 Å². The molecule has 2 aromatic rings. The number of aryl methyl sites for hydroxylation is 1. The van der Waals surface area contributed by atoms with Crippen LogP contribution in [0.25, 0.3) is 0 Å². The maximum absolute atomic E-state index is 11.2. The van der Waals surface area contributed by atoms with Crippen molar-refractivity contribution in [2.75, 3.05) is 5.32 Å². The predicted octanol–water partition coefficient (Wildman–Crippen LogP) is 2.46. The molecule has 18 heavy (non-hydrogen) atoms. The molecule has 0 atom stereocenters. The van der Waals surface area contributed by atoms with Crippen LogP contribution in [-0.2, 0) is 0 Å². The molecule has 0 fully saturated rings. The largest absolute Gasteiger partial charge is 0.347 e. The Labute approximate surface area is 112 Å². The number of rotatable bonds is 2. The van der Waals surface area contributed by atoms with Crippen molar-refractivity contribution in [2.24, 2.45) is 0 Å². The van der Waals surface area contributed by atoms with Crippen molar-refractivity contribution in [3.63, 3.8) is 0 Å². The van der Waals surface area contributed by atoms with Crippen LogP contribution in [0.4, 0.5) is 11.5 Å². The molecule has 6 heteroatoms. The highest BCUT2D eigenvalue weighted by atomic mass is 79.9. The fourth-order valence-corrected chi connectivity index (χ4v) is 1.70. The molecule has 0 aliphatic rings. The number of nitrogens with one attached hydrogen (secondary N) is 2. The average molecular weight is 305 g/mol. The van der Waals surface area contributed by atoms with Crippen LogP contribution in [-0.4, -0.2) is 9.97 Å². The fraction of sp³-hybridized carbons (Fsp3) is 0.0833. The number of hydrogen-bond donors (Lipinski definition) is 2. The SMILES string of the molecule is Cc1cc(Nc2cc(C#N)[nH]c(=O)n2)ccc1Br. The van der Waals surface area contributed by atoms with Gasteiger partial charge in [-0.15, -0.1) is 0 Å². The first-order valence-electron chi connectivity index (χ1n) is 5.13. The summed E-state index contributed by atoms with van der Waals surface area (Å²) in [6.45, 7) is 1.96. The lowest BCUT2D eigenvalue weighted by Gasteiger charge is -2.07. The van der Waals surface area contributed by atoms with Crippen molar-refractivity contribution in [1.82, 2.24) is 9.97 Å². The van der Waals surface area contributed by atoms with Crippen molar-refractivity contribution < 1.29 is 0 Å². The van der Waals surface area contributed by atoms with Crippen LogP contribution >= 0.6 is 15.9 Å². The van der Waals surface area contributed by atoms with E-state index in [9.17, 15) is 4.79 Å². The minimum absolute atomic E-state index is 0.173. The van der Waals surface area contributed by atoms with E-state index in [0.29, 0.717) is 5.82 Å². The number of nitriles is 1. The minimum atomic E-state index is -0.551. The molecule has 0 aliphatic heterocycles. The molecule has 5 nitrogen and oxygen atoms in total. The summed E-state index contributed by atoms with van der Waals surface area (Å²) in [6.07, 6.45) is 0. The van der Waals surface area contributed by atoms with E-state index < -0.39 is 5.69 Å². The predicted molar refractivity (Wildman–Crippen MR) is 71.7 cm³/mol. The Morgan fingerprint density at radius 1 is 1.44 bits per heavy atom. The smallest absolute Gasteiger partial charge is 0.340 e. The van der Waals surface area contributed by atoms with Gasteiger partial charge < -0.3 is 5.32 Å². The number of hydrogen-bond acceptors (Lipinski definition) is 4. The van der Waals surface area contributed by atoms with Crippen molar-refractivity contribution in [2.45, 2.75) is 6.92 Å². The molecular weight excluding hydrogens is 296 g/mol. The number of benzene rings is 1. The van der Waals surface area contributed by atoms with Gasteiger partial charge in [0.15, 0.2) is 0 Å². The average Bonchev–Trinajstić information content (AvgIpc) is 2.33. The van der Waals surface area contributed by atoms with E-state index in [1.165, 1.54) is 6.07 Å². The van der Waals surface area contributed by atoms with Gasteiger partial charge in [-0.3, -0.25) is 4.98 Å². The first-order valence-corrected chi connectivity index (χ1v) is 5.92. The van der Waals surface area contributed by atoms with E-state index in [0.717, 1.165) is 15.7 Å². The molecule has 2 rings (SSSR count). The molecule has 2 N–H and O–H groups in total. The summed E-state index contributed by atoms with van der Waals surface area (Å²) in [7, 11) is 0. The lowest BCUT2D eigenvalue weighted by molar-refractivity contribution is 1.06. The molecule has 1 aromatic heterocycles. The summed E-state index contributed by atoms with van der Waals surface area (Å²) in [5.41, 5.74) is 1.49. The third-order valence-electron chi connectivity index (χ3n) is 2.30. The van der Waals surface area contributed by atoms with Gasteiger partial charge in [0.25, 0.3) is 0 Å². The zero-order valence-electron chi connectivity index (χ0n) is 9.49. The summed E-state index contributed by atoms with van der Waals surface area (Å²) < 4.78 is 1.00. The first kappa shape index (κ1) is 12.3. The summed E-state index contributed by atoms with van der Waals surface area (Å²) in [5.74, 6) is 0.344. The first-order chi connectivity index (χ1) is 8.58. The molecule has 1 heterocycles. The van der Waals surface area contributed by atoms with E-state index in [1.807, 2.05) is 31.2 Å². The number of aromatic amines is 1. The second-order valence-electron chi connectivity index (χ2n) is 3.69. The molecule has 0 saturated heterocycles. The quantitative estimate of drug-likeness (QED) is 0.893. The van der Waals surface area contributed by atoms with Crippen molar-refractivity contribution in [3.05, 3.63) is 50.5 Å². The molecule has 90 valence electrons. The number of halogens is 1. The number of anilines is 2. The maximum atomic E-state index is 11.2. The zero-order valence-corrected chi connectivity index (χ0v) is 11.1. The van der Waals surface area contributed by atoms with Gasteiger partial charge in [0.2, 0.25) is 0 Å². The van der Waals surface area contributed by atoms with E-state index in [-0.39, 0.29) is 5.69 Å². The van der Waals surface area contributed by atoms with Crippen LogP contribution < -0.4 is 11.0 Å². The summed E-state index contributed by atoms with van der Waals surface area (Å²) in [4.78, 5) is 17.3. The van der Waals surface area contributed by atoms with E-state index >= 15 is 0 Å². The highest BCUT2D eigenvalue weighted by Crippen LogP contribution is 2.21. The molecule has 0 radical (unpaired) electrons. The van der Waals surface area contributed by atoms with E-state index in [4.69, 9.17) is 5.26 Å². The summed E-state index contributed by atoms with van der Waals surface area (Å²) in [6, 6.07) is 9.02. The third kappa shape index (κ3) is 2.76. The molecular formula is C12H9BrN4O. The van der Waals surface area contributed by atoms with Crippen LogP contribution in [0.15, 0.2) is 33.5 Å². The van der Waals surface area contributed by atoms with Crippen molar-refractivity contribution >= 4 is 27.4 Å². The van der Waals surface area contributed by atoms with Gasteiger partial charge in [-0.05, 0) is 30.7 Å². The van der Waals surface area contributed by atoms with Gasteiger partial charge in [-0.25, -0.2) is 4.79 Å². The van der Waals surface area contributed by atoms with Crippen LogP contribution in [0.3, 0.4) is 0 Å². The highest BCUT2D eigenvalue weighted by Gasteiger charge is 2.02. The zero-order chi connectivity index (χ0) is 13.1. The molecule has 0 spiro atoms. The van der Waals surface area contributed by atoms with Gasteiger partial charge >= 0.3 is 5.69 Å². The Kier molecular flexibility index (Phi) is 3.44. The molecule has 0 aliphatic carbocycles. The fourth-order valence-electron chi connectivity index (χ4n) is 1.45. The van der Waals surface area contributed by atoms with E-state index in [1.54, 1.807) is 0 Å². The normalized spacial score (nSPS) is 9.83. The lowest BCUT2D eigenvalue weighted by atomic mass is 10.2. The summed E-state index contributed by atoms with van der Waals surface area (Å²) >= 11 is 3.41. The van der Waals surface area contributed by atoms with Crippen LogP contribution in [0.1, 0.15) is 11.3 Å². The Morgan fingerprint density at radius 3 is 2.89 bits per heavy atom. The Morgan fingerprint density at radius 2 is 2.22 bits per heavy atom. The Balaban J connectivity index is 2.34. The Hall–Kier alpha value is -2.13. The monoisotopic (exact) mass is 304 g/mol. The van der Waals surface area contributed by atoms with Crippen LogP contribution in [0, 0.1) is 18.3 Å². The maximum Gasteiger partial charge on any atom is 0.347 e. The van der Waals surface area contributed by atoms with Gasteiger partial charge in [0.1, 0.15) is 17.6 Å². The molecule has 1 aromatic carbocycles. The standard InChI is InChI=1S/C12H9BrN4O/c1-7-4-8(2-3-10(7)13)15-11-5-9(6-14)16-12(18)17-11/h2-5H,1H3,(H2,15,16,17,18). The lowest BCUT2D eigenvalue weighted by Crippen LogP contribution is -2.13. The van der Waals surface area contributed by atoms with Crippen LogP contribution in [0.5, 0.6) is 0 Å². The summed E-state index contributed by atoms with van der Waals surface area (Å²) in [5, 5.41) is 11.7. The van der Waals surface area contributed by atoms with Crippen LogP contribution in [0.2, 0.25) is 0 Å². The number of aromatic nitrogens is 2. The van der Waals surface area contributed by atoms with Gasteiger partial charge in [0, 0.05) is 16.2 Å². The highest BCUT2D eigenvalue weighted by molar-refractivity contribution is 9.10. The molecule has 0 unspecified atom stereocenters. The van der Waals surface area contributed by atoms with Gasteiger partial charge in [0.05, 0.1) is 0 Å². The van der Waals surface area contributed by atoms with Crippen molar-refractivity contribution in [1.29, 1.82) is 5.26 Å². The minimum Gasteiger partial charge on any atom is -0.340 e. The topological polar surface area (TPSA) is 81.6 Å². The number of nitrogens with zero attached hydrogens (tertiary/aromatic N) is 2. The number of H-pyrrole nitrogens is 1. The van der Waals surface area contributed by atoms with Gasteiger partial charge in [-0.2, -0.15) is 10.2 Å². The molecule has 0 saturated carbocycles. The molecule has 0 bridgehead atoms. The molecule has 0 amide bonds. The van der Waals surface area contributed by atoms with Crippen molar-refractivity contribution in [3.8, 4) is 6.07 Å². The second-order valence-corrected chi connectivity index (χ2v) is 4.54. The van der Waals surface area contributed by atoms with Gasteiger partial charge in [-0.1, -0.05) is 15.9 Å². The second kappa shape index (κ2) is 5.02. The Bertz CT molecular complexity index is 687.